The molecule has 2 N–H and O–H groups in total. The van der Waals surface area contributed by atoms with E-state index >= 15 is 0 Å². The normalized spacial score (nSPS) is 15.5. The van der Waals surface area contributed by atoms with Gasteiger partial charge in [0.1, 0.15) is 6.04 Å². The molecule has 3 heteroatoms. The van der Waals surface area contributed by atoms with E-state index < -0.39 is 12.0 Å². The average molecular weight is 261 g/mol. The molecule has 1 aromatic carbocycles. The van der Waals surface area contributed by atoms with Crippen LogP contribution in [0.25, 0.3) is 0 Å². The molecule has 0 bridgehead atoms. The summed E-state index contributed by atoms with van der Waals surface area (Å²) >= 11 is 0. The van der Waals surface area contributed by atoms with Crippen molar-refractivity contribution < 1.29 is 9.90 Å². The number of carboxylic acids is 1. The van der Waals surface area contributed by atoms with Gasteiger partial charge in [-0.25, -0.2) is 0 Å². The topological polar surface area (TPSA) is 49.3 Å². The summed E-state index contributed by atoms with van der Waals surface area (Å²) in [5.41, 5.74) is 1.03. The summed E-state index contributed by atoms with van der Waals surface area (Å²) in [5, 5.41) is 12.5. The first kappa shape index (κ1) is 15.4. The Morgan fingerprint density at radius 1 is 1.37 bits per heavy atom. The second kappa shape index (κ2) is 7.74. The zero-order valence-corrected chi connectivity index (χ0v) is 11.7. The van der Waals surface area contributed by atoms with Gasteiger partial charge >= 0.3 is 5.97 Å². The minimum absolute atomic E-state index is 0.141. The summed E-state index contributed by atoms with van der Waals surface area (Å²) < 4.78 is 0. The van der Waals surface area contributed by atoms with E-state index in [1.807, 2.05) is 43.3 Å². The van der Waals surface area contributed by atoms with Gasteiger partial charge in [-0.1, -0.05) is 43.3 Å². The summed E-state index contributed by atoms with van der Waals surface area (Å²) in [5.74, 6) is -0.434. The molecule has 3 atom stereocenters. The number of nitrogens with one attached hydrogen (secondary N) is 1. The third-order valence-electron chi connectivity index (χ3n) is 3.44. The van der Waals surface area contributed by atoms with Gasteiger partial charge in [0, 0.05) is 6.04 Å². The van der Waals surface area contributed by atoms with E-state index in [2.05, 4.69) is 18.8 Å². The zero-order valence-electron chi connectivity index (χ0n) is 11.7. The van der Waals surface area contributed by atoms with E-state index in [1.165, 1.54) is 0 Å². The molecule has 0 radical (unpaired) electrons. The number of carboxylic acid groups (broad SMARTS) is 1. The van der Waals surface area contributed by atoms with Gasteiger partial charge in [0.25, 0.3) is 0 Å². The van der Waals surface area contributed by atoms with Crippen molar-refractivity contribution in [2.45, 2.75) is 38.8 Å². The second-order valence-corrected chi connectivity index (χ2v) is 5.04. The number of aliphatic carboxylic acids is 1. The monoisotopic (exact) mass is 261 g/mol. The number of hydrogen-bond acceptors (Lipinski definition) is 2. The molecule has 0 saturated carbocycles. The van der Waals surface area contributed by atoms with Crippen molar-refractivity contribution in [2.75, 3.05) is 0 Å². The highest BCUT2D eigenvalue weighted by molar-refractivity contribution is 5.74. The molecule has 1 aromatic rings. The van der Waals surface area contributed by atoms with Gasteiger partial charge in [0.15, 0.2) is 0 Å². The molecule has 2 unspecified atom stereocenters. The fourth-order valence-electron chi connectivity index (χ4n) is 2.02. The molecule has 0 aliphatic heterocycles. The smallest absolute Gasteiger partial charge is 0.321 e. The van der Waals surface area contributed by atoms with Gasteiger partial charge in [-0.05, 0) is 31.2 Å². The molecule has 19 heavy (non-hydrogen) atoms. The average Bonchev–Trinajstić information content (AvgIpc) is 2.39. The number of rotatable bonds is 8. The standard InChI is InChI=1S/C16H23NO2/c1-4-8-12(2)13(3)17-15(16(18)19)11-14-9-6-5-7-10-14/h4-7,9-10,12-13,15,17H,1,8,11H2,2-3H3,(H,18,19)/t12?,13?,15-/m0/s1. The van der Waals surface area contributed by atoms with Crippen molar-refractivity contribution in [3.63, 3.8) is 0 Å². The Labute approximate surface area is 115 Å². The number of allylic oxidation sites excluding steroid dienone is 1. The van der Waals surface area contributed by atoms with Crippen LogP contribution in [0.15, 0.2) is 43.0 Å². The Morgan fingerprint density at radius 2 is 2.00 bits per heavy atom. The van der Waals surface area contributed by atoms with Crippen LogP contribution in [0.3, 0.4) is 0 Å². The quantitative estimate of drug-likeness (QED) is 0.707. The largest absolute Gasteiger partial charge is 0.480 e. The molecular formula is C16H23NO2. The molecule has 104 valence electrons. The lowest BCUT2D eigenvalue weighted by molar-refractivity contribution is -0.139. The van der Waals surface area contributed by atoms with Gasteiger partial charge in [-0.2, -0.15) is 0 Å². The van der Waals surface area contributed by atoms with Crippen molar-refractivity contribution in [3.8, 4) is 0 Å². The van der Waals surface area contributed by atoms with Crippen LogP contribution in [0.2, 0.25) is 0 Å². The van der Waals surface area contributed by atoms with Crippen LogP contribution in [-0.4, -0.2) is 23.2 Å². The first-order valence-electron chi connectivity index (χ1n) is 6.68. The van der Waals surface area contributed by atoms with Crippen LogP contribution in [0, 0.1) is 5.92 Å². The van der Waals surface area contributed by atoms with E-state index in [4.69, 9.17) is 0 Å². The van der Waals surface area contributed by atoms with Crippen molar-refractivity contribution in [1.82, 2.24) is 5.32 Å². The van der Waals surface area contributed by atoms with Crippen LogP contribution >= 0.6 is 0 Å². The van der Waals surface area contributed by atoms with Gasteiger partial charge in [0.05, 0.1) is 0 Å². The molecular weight excluding hydrogens is 238 g/mol. The Balaban J connectivity index is 2.63. The molecule has 0 aliphatic rings. The maximum Gasteiger partial charge on any atom is 0.321 e. The highest BCUT2D eigenvalue weighted by Gasteiger charge is 2.22. The molecule has 0 fully saturated rings. The summed E-state index contributed by atoms with van der Waals surface area (Å²) in [7, 11) is 0. The maximum absolute atomic E-state index is 11.3. The lowest BCUT2D eigenvalue weighted by atomic mass is 9.97. The number of benzene rings is 1. The van der Waals surface area contributed by atoms with Gasteiger partial charge in [-0.15, -0.1) is 6.58 Å². The SMILES string of the molecule is C=CCC(C)C(C)N[C@@H](Cc1ccccc1)C(=O)O. The van der Waals surface area contributed by atoms with Crippen LogP contribution in [0.1, 0.15) is 25.8 Å². The van der Waals surface area contributed by atoms with Crippen LogP contribution in [0.5, 0.6) is 0 Å². The highest BCUT2D eigenvalue weighted by atomic mass is 16.4. The van der Waals surface area contributed by atoms with E-state index in [0.29, 0.717) is 12.3 Å². The van der Waals surface area contributed by atoms with Crippen molar-refractivity contribution >= 4 is 5.97 Å². The van der Waals surface area contributed by atoms with Crippen LogP contribution in [0.4, 0.5) is 0 Å². The van der Waals surface area contributed by atoms with Crippen LogP contribution < -0.4 is 5.32 Å². The molecule has 0 aliphatic carbocycles. The number of hydrogen-bond donors (Lipinski definition) is 2. The lowest BCUT2D eigenvalue weighted by Crippen LogP contribution is -2.45. The van der Waals surface area contributed by atoms with E-state index in [1.54, 1.807) is 0 Å². The lowest BCUT2D eigenvalue weighted by Gasteiger charge is -2.24. The Kier molecular flexibility index (Phi) is 6.30. The molecule has 0 aromatic heterocycles. The van der Waals surface area contributed by atoms with Gasteiger partial charge in [0.2, 0.25) is 0 Å². The van der Waals surface area contributed by atoms with E-state index in [9.17, 15) is 9.90 Å². The van der Waals surface area contributed by atoms with Crippen molar-refractivity contribution in [2.24, 2.45) is 5.92 Å². The Hall–Kier alpha value is -1.61. The highest BCUT2D eigenvalue weighted by Crippen LogP contribution is 2.11. The Morgan fingerprint density at radius 3 is 2.53 bits per heavy atom. The second-order valence-electron chi connectivity index (χ2n) is 5.04. The first-order valence-corrected chi connectivity index (χ1v) is 6.68. The van der Waals surface area contributed by atoms with E-state index in [-0.39, 0.29) is 6.04 Å². The van der Waals surface area contributed by atoms with Crippen molar-refractivity contribution in [1.29, 1.82) is 0 Å². The van der Waals surface area contributed by atoms with Gasteiger partial charge < -0.3 is 10.4 Å². The third kappa shape index (κ3) is 5.26. The predicted molar refractivity (Wildman–Crippen MR) is 78.1 cm³/mol. The third-order valence-corrected chi connectivity index (χ3v) is 3.44. The number of carbonyl (C=O) groups is 1. The maximum atomic E-state index is 11.3. The summed E-state index contributed by atoms with van der Waals surface area (Å²) in [6.07, 6.45) is 3.25. The molecule has 1 rings (SSSR count). The fraction of sp³-hybridized carbons (Fsp3) is 0.438. The Bertz CT molecular complexity index is 402. The predicted octanol–water partition coefficient (Wildman–Crippen LogP) is 2.87. The molecule has 0 spiro atoms. The van der Waals surface area contributed by atoms with Gasteiger partial charge in [-0.3, -0.25) is 4.79 Å². The molecule has 3 nitrogen and oxygen atoms in total. The summed E-state index contributed by atoms with van der Waals surface area (Å²) in [6, 6.07) is 9.29. The van der Waals surface area contributed by atoms with Crippen molar-refractivity contribution in [3.05, 3.63) is 48.6 Å². The summed E-state index contributed by atoms with van der Waals surface area (Å²) in [6.45, 7) is 7.84. The molecule has 0 saturated heterocycles. The molecule has 0 heterocycles. The zero-order chi connectivity index (χ0) is 14.3. The minimum Gasteiger partial charge on any atom is -0.480 e. The van der Waals surface area contributed by atoms with E-state index in [0.717, 1.165) is 12.0 Å². The minimum atomic E-state index is -0.804. The van der Waals surface area contributed by atoms with Crippen LogP contribution in [-0.2, 0) is 11.2 Å². The fourth-order valence-corrected chi connectivity index (χ4v) is 2.02. The summed E-state index contributed by atoms with van der Waals surface area (Å²) in [4.78, 5) is 11.3. The molecule has 0 amide bonds. The first-order chi connectivity index (χ1) is 9.04.